The average Bonchev–Trinajstić information content (AvgIpc) is 2.80. The predicted molar refractivity (Wildman–Crippen MR) is 53.0 cm³/mol. The Morgan fingerprint density at radius 2 is 2.31 bits per heavy atom. The standard InChI is InChI=1S/C9H19N3O/c1-12(6-9(10)11)4-5-13-7-8-2-3-8/h8H,2-7H2,1H3,(H3,10,11). The Labute approximate surface area is 79.6 Å². The molecule has 0 amide bonds. The zero-order valence-electron chi connectivity index (χ0n) is 8.25. The van der Waals surface area contributed by atoms with Crippen molar-refractivity contribution in [2.75, 3.05) is 33.4 Å². The molecule has 1 saturated carbocycles. The summed E-state index contributed by atoms with van der Waals surface area (Å²) in [5, 5.41) is 7.08. The fraction of sp³-hybridized carbons (Fsp3) is 0.889. The van der Waals surface area contributed by atoms with E-state index in [-0.39, 0.29) is 5.84 Å². The van der Waals surface area contributed by atoms with Crippen LogP contribution in [-0.4, -0.2) is 44.1 Å². The number of ether oxygens (including phenoxy) is 1. The molecule has 4 heteroatoms. The SMILES string of the molecule is CN(CCOCC1CC1)CC(=N)N. The minimum absolute atomic E-state index is 0.213. The van der Waals surface area contributed by atoms with Crippen molar-refractivity contribution in [1.29, 1.82) is 5.41 Å². The molecule has 1 rings (SSSR count). The topological polar surface area (TPSA) is 62.3 Å². The quantitative estimate of drug-likeness (QED) is 0.340. The molecule has 0 aromatic heterocycles. The Morgan fingerprint density at radius 1 is 1.62 bits per heavy atom. The zero-order chi connectivity index (χ0) is 9.68. The van der Waals surface area contributed by atoms with Gasteiger partial charge in [-0.05, 0) is 25.8 Å². The summed E-state index contributed by atoms with van der Waals surface area (Å²) in [5.41, 5.74) is 5.26. The molecule has 0 aromatic rings. The molecule has 76 valence electrons. The van der Waals surface area contributed by atoms with Crippen LogP contribution in [0.5, 0.6) is 0 Å². The first kappa shape index (κ1) is 10.5. The molecular weight excluding hydrogens is 166 g/mol. The number of nitrogens with one attached hydrogen (secondary N) is 1. The molecule has 0 radical (unpaired) electrons. The van der Waals surface area contributed by atoms with Gasteiger partial charge in [-0.2, -0.15) is 0 Å². The van der Waals surface area contributed by atoms with Gasteiger partial charge in [-0.1, -0.05) is 0 Å². The van der Waals surface area contributed by atoms with Gasteiger partial charge >= 0.3 is 0 Å². The van der Waals surface area contributed by atoms with E-state index >= 15 is 0 Å². The molecule has 0 spiro atoms. The first-order valence-corrected chi connectivity index (χ1v) is 4.77. The molecule has 0 unspecified atom stereocenters. The second-order valence-corrected chi connectivity index (χ2v) is 3.78. The summed E-state index contributed by atoms with van der Waals surface area (Å²) < 4.78 is 5.46. The van der Waals surface area contributed by atoms with E-state index in [1.54, 1.807) is 0 Å². The van der Waals surface area contributed by atoms with Crippen LogP contribution in [0.25, 0.3) is 0 Å². The van der Waals surface area contributed by atoms with Crippen LogP contribution in [0.1, 0.15) is 12.8 Å². The number of nitrogens with two attached hydrogens (primary N) is 1. The molecule has 0 heterocycles. The zero-order valence-corrected chi connectivity index (χ0v) is 8.25. The maximum Gasteiger partial charge on any atom is 0.105 e. The molecule has 3 N–H and O–H groups in total. The van der Waals surface area contributed by atoms with E-state index in [0.29, 0.717) is 6.54 Å². The monoisotopic (exact) mass is 185 g/mol. The number of likely N-dealkylation sites (N-methyl/N-ethyl adjacent to an activating group) is 1. The summed E-state index contributed by atoms with van der Waals surface area (Å²) in [5.74, 6) is 1.04. The van der Waals surface area contributed by atoms with Gasteiger partial charge in [0.25, 0.3) is 0 Å². The fourth-order valence-corrected chi connectivity index (χ4v) is 1.12. The largest absolute Gasteiger partial charge is 0.387 e. The summed E-state index contributed by atoms with van der Waals surface area (Å²) in [6.07, 6.45) is 2.67. The van der Waals surface area contributed by atoms with Crippen molar-refractivity contribution in [3.8, 4) is 0 Å². The van der Waals surface area contributed by atoms with Crippen LogP contribution in [-0.2, 0) is 4.74 Å². The molecule has 13 heavy (non-hydrogen) atoms. The van der Waals surface area contributed by atoms with Crippen LogP contribution >= 0.6 is 0 Å². The average molecular weight is 185 g/mol. The number of rotatable bonds is 7. The lowest BCUT2D eigenvalue weighted by molar-refractivity contribution is 0.107. The third-order valence-corrected chi connectivity index (χ3v) is 2.11. The molecule has 4 nitrogen and oxygen atoms in total. The minimum Gasteiger partial charge on any atom is -0.387 e. The summed E-state index contributed by atoms with van der Waals surface area (Å²) in [7, 11) is 1.95. The van der Waals surface area contributed by atoms with Gasteiger partial charge in [0.15, 0.2) is 0 Å². The highest BCUT2D eigenvalue weighted by molar-refractivity contribution is 5.78. The highest BCUT2D eigenvalue weighted by Crippen LogP contribution is 2.28. The van der Waals surface area contributed by atoms with E-state index in [1.165, 1.54) is 12.8 Å². The van der Waals surface area contributed by atoms with Gasteiger partial charge in [0, 0.05) is 13.2 Å². The van der Waals surface area contributed by atoms with Crippen molar-refractivity contribution in [3.05, 3.63) is 0 Å². The summed E-state index contributed by atoms with van der Waals surface area (Å²) in [6.45, 7) is 3.05. The van der Waals surface area contributed by atoms with Crippen molar-refractivity contribution < 1.29 is 4.74 Å². The van der Waals surface area contributed by atoms with Crippen molar-refractivity contribution >= 4 is 5.84 Å². The normalized spacial score (nSPS) is 16.5. The van der Waals surface area contributed by atoms with Crippen LogP contribution in [0.4, 0.5) is 0 Å². The molecule has 0 aromatic carbocycles. The van der Waals surface area contributed by atoms with E-state index in [0.717, 1.165) is 25.7 Å². The van der Waals surface area contributed by atoms with E-state index in [1.807, 2.05) is 11.9 Å². The maximum absolute atomic E-state index is 7.08. The number of nitrogens with zero attached hydrogens (tertiary/aromatic N) is 1. The van der Waals surface area contributed by atoms with Crippen LogP contribution in [0.3, 0.4) is 0 Å². The molecule has 0 atom stereocenters. The maximum atomic E-state index is 7.08. The number of amidine groups is 1. The molecule has 1 aliphatic rings. The lowest BCUT2D eigenvalue weighted by Crippen LogP contribution is -2.32. The van der Waals surface area contributed by atoms with Crippen molar-refractivity contribution in [2.45, 2.75) is 12.8 Å². The summed E-state index contributed by atoms with van der Waals surface area (Å²) in [4.78, 5) is 2.00. The van der Waals surface area contributed by atoms with Crippen LogP contribution in [0, 0.1) is 11.3 Å². The second-order valence-electron chi connectivity index (χ2n) is 3.78. The molecular formula is C9H19N3O. The van der Waals surface area contributed by atoms with Crippen molar-refractivity contribution in [2.24, 2.45) is 11.7 Å². The summed E-state index contributed by atoms with van der Waals surface area (Å²) in [6, 6.07) is 0. The van der Waals surface area contributed by atoms with Gasteiger partial charge in [-0.25, -0.2) is 0 Å². The summed E-state index contributed by atoms with van der Waals surface area (Å²) >= 11 is 0. The van der Waals surface area contributed by atoms with Gasteiger partial charge in [0.05, 0.1) is 13.2 Å². The van der Waals surface area contributed by atoms with Crippen molar-refractivity contribution in [3.63, 3.8) is 0 Å². The minimum atomic E-state index is 0.213. The first-order valence-electron chi connectivity index (χ1n) is 4.77. The highest BCUT2D eigenvalue weighted by Gasteiger charge is 2.20. The third kappa shape index (κ3) is 5.60. The second kappa shape index (κ2) is 5.19. The third-order valence-electron chi connectivity index (χ3n) is 2.11. The van der Waals surface area contributed by atoms with Crippen molar-refractivity contribution in [1.82, 2.24) is 4.90 Å². The molecule has 0 saturated heterocycles. The Hall–Kier alpha value is -0.610. The Bertz CT molecular complexity index is 168. The van der Waals surface area contributed by atoms with E-state index in [9.17, 15) is 0 Å². The van der Waals surface area contributed by atoms with Gasteiger partial charge < -0.3 is 10.5 Å². The van der Waals surface area contributed by atoms with Gasteiger partial charge in [0.2, 0.25) is 0 Å². The Morgan fingerprint density at radius 3 is 2.85 bits per heavy atom. The van der Waals surface area contributed by atoms with E-state index < -0.39 is 0 Å². The molecule has 0 aliphatic heterocycles. The highest BCUT2D eigenvalue weighted by atomic mass is 16.5. The van der Waals surface area contributed by atoms with Crippen LogP contribution in [0.2, 0.25) is 0 Å². The lowest BCUT2D eigenvalue weighted by Gasteiger charge is -2.15. The Balaban J connectivity index is 1.88. The van der Waals surface area contributed by atoms with Gasteiger partial charge in [-0.15, -0.1) is 0 Å². The lowest BCUT2D eigenvalue weighted by atomic mass is 10.4. The predicted octanol–water partition coefficient (Wildman–Crippen LogP) is 0.281. The Kier molecular flexibility index (Phi) is 4.18. The van der Waals surface area contributed by atoms with E-state index in [2.05, 4.69) is 0 Å². The number of hydrogen-bond acceptors (Lipinski definition) is 3. The molecule has 1 aliphatic carbocycles. The van der Waals surface area contributed by atoms with Crippen LogP contribution < -0.4 is 5.73 Å². The number of hydrogen-bond donors (Lipinski definition) is 2. The first-order chi connectivity index (χ1) is 6.18. The van der Waals surface area contributed by atoms with Gasteiger partial charge in [0.1, 0.15) is 5.84 Å². The fourth-order valence-electron chi connectivity index (χ4n) is 1.12. The molecule has 0 bridgehead atoms. The van der Waals surface area contributed by atoms with E-state index in [4.69, 9.17) is 15.9 Å². The smallest absolute Gasteiger partial charge is 0.105 e. The van der Waals surface area contributed by atoms with Gasteiger partial charge in [-0.3, -0.25) is 10.3 Å². The van der Waals surface area contributed by atoms with Crippen LogP contribution in [0.15, 0.2) is 0 Å². The molecule has 1 fully saturated rings.